The second kappa shape index (κ2) is 38.2. The number of benzene rings is 4. The van der Waals surface area contributed by atoms with Gasteiger partial charge in [0.25, 0.3) is 17.7 Å². The van der Waals surface area contributed by atoms with E-state index in [4.69, 9.17) is 14.0 Å². The number of aliphatic hydroxyl groups excluding tert-OH is 1. The second-order valence-corrected chi connectivity index (χ2v) is 30.3. The number of phenols is 1. The normalized spacial score (nSPS) is 17.9. The van der Waals surface area contributed by atoms with Gasteiger partial charge < -0.3 is 65.9 Å². The number of aryl methyl sites for hydroxylation is 1. The Morgan fingerprint density at radius 3 is 2.18 bits per heavy atom. The lowest BCUT2D eigenvalue weighted by molar-refractivity contribution is -0.141. The molecular formula is C81H96N16O15S. The number of rotatable bonds is 33. The van der Waals surface area contributed by atoms with Gasteiger partial charge in [0, 0.05) is 94.5 Å². The number of phenolic OH excluding ortho intramolecular Hbond substituents is 1. The average Bonchev–Trinajstić information content (AvgIpc) is 1.58. The molecule has 0 aliphatic carbocycles. The number of carbonyl (C=O) groups excluding carboxylic acids is 10. The van der Waals surface area contributed by atoms with E-state index in [0.717, 1.165) is 65.6 Å². The highest BCUT2D eigenvalue weighted by Crippen LogP contribution is 2.40. The summed E-state index contributed by atoms with van der Waals surface area (Å²) in [5.74, 6) is -4.01. The molecule has 0 saturated carbocycles. The molecule has 10 amide bonds. The Labute approximate surface area is 658 Å². The molecule has 3 saturated heterocycles. The third-order valence-electron chi connectivity index (χ3n) is 21.0. The van der Waals surface area contributed by atoms with Crippen molar-refractivity contribution in [2.24, 2.45) is 11.8 Å². The number of amides is 10. The van der Waals surface area contributed by atoms with E-state index < -0.39 is 79.4 Å². The number of unbranched alkanes of at least 4 members (excludes halogenated alkanes) is 2. The molecule has 3 aromatic heterocycles. The number of anilines is 3. The largest absolute Gasteiger partial charge is 0.507 e. The first-order chi connectivity index (χ1) is 54.6. The Bertz CT molecular complexity index is 4550. The van der Waals surface area contributed by atoms with E-state index in [1.165, 1.54) is 22.0 Å². The highest BCUT2D eigenvalue weighted by atomic mass is 32.1. The lowest BCUT2D eigenvalue weighted by atomic mass is 9.91. The zero-order valence-corrected chi connectivity index (χ0v) is 64.5. The number of likely N-dealkylation sites (tertiary alicyclic amines) is 2. The molecule has 596 valence electrons. The number of hydrogen-bond acceptors (Lipinski definition) is 23. The number of nitrogens with zero attached hydrogens (tertiary/aromatic N) is 10. The van der Waals surface area contributed by atoms with Crippen molar-refractivity contribution in [1.29, 1.82) is 0 Å². The van der Waals surface area contributed by atoms with Crippen molar-refractivity contribution in [3.05, 3.63) is 161 Å². The minimum atomic E-state index is -1.14. The van der Waals surface area contributed by atoms with Gasteiger partial charge >= 0.3 is 6.09 Å². The fourth-order valence-electron chi connectivity index (χ4n) is 14.9. The average molecular weight is 1570 g/mol. The summed E-state index contributed by atoms with van der Waals surface area (Å²) in [4.78, 5) is 148. The van der Waals surface area contributed by atoms with E-state index in [-0.39, 0.29) is 98.8 Å². The van der Waals surface area contributed by atoms with Crippen LogP contribution in [0.25, 0.3) is 21.7 Å². The topological polar surface area (TPSA) is 386 Å². The summed E-state index contributed by atoms with van der Waals surface area (Å²) in [5, 5.41) is 50.9. The number of ether oxygens (including phenoxy) is 2. The Morgan fingerprint density at radius 1 is 0.717 bits per heavy atom. The van der Waals surface area contributed by atoms with Crippen molar-refractivity contribution in [1.82, 2.24) is 66.5 Å². The van der Waals surface area contributed by atoms with Crippen molar-refractivity contribution < 1.29 is 72.2 Å². The molecule has 113 heavy (non-hydrogen) atoms. The summed E-state index contributed by atoms with van der Waals surface area (Å²) in [6, 6.07) is 31.4. The maximum atomic E-state index is 14.4. The van der Waals surface area contributed by atoms with Crippen molar-refractivity contribution in [3.63, 3.8) is 0 Å². The molecule has 31 nitrogen and oxygen atoms in total. The molecule has 4 aromatic carbocycles. The van der Waals surface area contributed by atoms with Crippen LogP contribution in [-0.2, 0) is 60.9 Å². The molecule has 5 aliphatic heterocycles. The van der Waals surface area contributed by atoms with Crippen LogP contribution < -0.4 is 46.4 Å². The number of carbonyl (C=O) groups is 10. The highest BCUT2D eigenvalue weighted by Gasteiger charge is 2.45. The number of fused-ring (bicyclic) bond motifs is 3. The summed E-state index contributed by atoms with van der Waals surface area (Å²) in [7, 11) is 0. The highest BCUT2D eigenvalue weighted by molar-refractivity contribution is 7.13. The molecule has 0 bridgehead atoms. The van der Waals surface area contributed by atoms with Gasteiger partial charge in [-0.1, -0.05) is 99.1 Å². The maximum Gasteiger partial charge on any atom is 0.415 e. The van der Waals surface area contributed by atoms with Gasteiger partial charge in [-0.05, 0) is 122 Å². The number of hydrogen-bond donors (Lipinski definition) is 8. The van der Waals surface area contributed by atoms with Crippen molar-refractivity contribution >= 4 is 87.8 Å². The Balaban J connectivity index is 0.579. The molecule has 0 spiro atoms. The van der Waals surface area contributed by atoms with Crippen LogP contribution in [0.4, 0.5) is 22.0 Å². The van der Waals surface area contributed by atoms with Crippen LogP contribution in [0.1, 0.15) is 106 Å². The lowest BCUT2D eigenvalue weighted by Gasteiger charge is -2.48. The SMILES string of the molecule is Cc1ncsc1-c1ccc([C@H](C)NC(=O)[C@@H]2C[C@@H](O)CN2C(=O)[C@@H](c2cc(OCCN3CCC(CN4CCN5c6cc(-c7ccccc7O)nnc6N(C(=O)OCc6ccc(NC(=O)CNC(=O)[C@H](Cc7ccccc7)NC(=O)CNC(=O)CNC(=O)CCCCCN7C(=O)C=CC7=O)cc6)C[C@H]5C4)CC3)no2)C(C)C)cc1. The monoisotopic (exact) mass is 1560 g/mol. The number of aliphatic hydroxyl groups is 1. The Morgan fingerprint density at radius 2 is 1.44 bits per heavy atom. The van der Waals surface area contributed by atoms with Crippen LogP contribution in [0.15, 0.2) is 137 Å². The van der Waals surface area contributed by atoms with Crippen LogP contribution >= 0.6 is 11.3 Å². The first-order valence-electron chi connectivity index (χ1n) is 38.3. The van der Waals surface area contributed by atoms with E-state index in [2.05, 4.69) is 66.9 Å². The van der Waals surface area contributed by atoms with Gasteiger partial charge in [0.05, 0.1) is 71.8 Å². The van der Waals surface area contributed by atoms with Gasteiger partial charge in [-0.2, -0.15) is 0 Å². The molecule has 5 aliphatic rings. The smallest absolute Gasteiger partial charge is 0.415 e. The van der Waals surface area contributed by atoms with Gasteiger partial charge in [0.15, 0.2) is 11.6 Å². The van der Waals surface area contributed by atoms with E-state index in [0.29, 0.717) is 96.8 Å². The van der Waals surface area contributed by atoms with E-state index >= 15 is 0 Å². The molecule has 8 N–H and O–H groups in total. The summed E-state index contributed by atoms with van der Waals surface area (Å²) < 4.78 is 17.9. The standard InChI is InChI=1S/C81H96N16O15S/c1-50(2)75(80(108)96-47-60(98)38-65(96)79(107)86-51(3)56-20-22-57(23-21-56)76-52(4)85-49-113-76)67-40-72(91-112-67)110-36-35-92-31-28-54(29-32-92)44-93-33-34-94-59(45-93)46-97(77-64(94)39-62(89-90-77)61-15-10-11-16-66(61)99)81(109)111-48-55-18-24-58(25-19-55)87-70(102)43-84-78(106)63(37-53-13-7-5-8-14-53)88-71(103)42-83-69(101)41-82-68(100)17-9-6-12-30-95-73(104)26-27-74(95)105/h5,7-8,10-11,13-16,18-27,39-40,49-51,54,59-60,63,65,75,98-99H,6,9,12,17,28-38,41-48H2,1-4H3,(H,82,100)(H,83,101)(H,84,106)(H,86,107)(H,87,102)(H,88,103)/t51-,59+,60+,63-,65-,75+/m0/s1. The number of nitrogens with one attached hydrogen (secondary N) is 6. The van der Waals surface area contributed by atoms with Gasteiger partial charge in [-0.25, -0.2) is 9.78 Å². The first-order valence-corrected chi connectivity index (χ1v) is 39.2. The van der Waals surface area contributed by atoms with Crippen LogP contribution in [-0.4, -0.2) is 225 Å². The van der Waals surface area contributed by atoms with E-state index in [9.17, 15) is 58.2 Å². The molecule has 3 fully saturated rings. The summed E-state index contributed by atoms with van der Waals surface area (Å²) in [6.07, 6.45) is 4.70. The van der Waals surface area contributed by atoms with Gasteiger partial charge in [-0.15, -0.1) is 21.5 Å². The second-order valence-electron chi connectivity index (χ2n) is 29.5. The number of imide groups is 1. The Hall–Kier alpha value is -11.5. The van der Waals surface area contributed by atoms with Gasteiger partial charge in [0.2, 0.25) is 41.4 Å². The van der Waals surface area contributed by atoms with Crippen LogP contribution in [0.2, 0.25) is 0 Å². The minimum absolute atomic E-state index is 0.0115. The zero-order valence-electron chi connectivity index (χ0n) is 63.7. The fraction of sp³-hybridized carbons (Fsp3) is 0.432. The van der Waals surface area contributed by atoms with E-state index in [1.807, 2.05) is 63.5 Å². The molecule has 0 unspecified atom stereocenters. The number of piperidine rings is 1. The first kappa shape index (κ1) is 81.0. The predicted molar refractivity (Wildman–Crippen MR) is 418 cm³/mol. The van der Waals surface area contributed by atoms with Crippen LogP contribution in [0.3, 0.4) is 0 Å². The molecule has 7 aromatic rings. The number of piperazine rings is 1. The number of β-amino-alcohol motifs (C(OH)–C–C–N with tert-alkyl or cyclic N) is 1. The zero-order chi connectivity index (χ0) is 79.7. The molecule has 8 heterocycles. The fourth-order valence-corrected chi connectivity index (χ4v) is 15.7. The molecule has 0 radical (unpaired) electrons. The summed E-state index contributed by atoms with van der Waals surface area (Å²) in [5.41, 5.74) is 8.07. The quantitative estimate of drug-likeness (QED) is 0.0178. The Kier molecular flexibility index (Phi) is 27.4. The summed E-state index contributed by atoms with van der Waals surface area (Å²) >= 11 is 1.57. The number of aromatic hydroxyl groups is 1. The number of aromatic nitrogens is 4. The number of para-hydroxylation sites is 1. The number of thiazole rings is 1. The molecule has 12 rings (SSSR count). The van der Waals surface area contributed by atoms with Crippen molar-refractivity contribution in [2.75, 3.05) is 107 Å². The third kappa shape index (κ3) is 21.4. The molecule has 32 heteroatoms. The van der Waals surface area contributed by atoms with Crippen LogP contribution in [0.5, 0.6) is 11.6 Å². The third-order valence-corrected chi connectivity index (χ3v) is 22.0. The van der Waals surface area contributed by atoms with Gasteiger partial charge in [-0.3, -0.25) is 62.8 Å². The maximum absolute atomic E-state index is 14.4. The minimum Gasteiger partial charge on any atom is -0.507 e. The molecular weight excluding hydrogens is 1470 g/mol. The predicted octanol–water partition coefficient (Wildman–Crippen LogP) is 5.79. The summed E-state index contributed by atoms with van der Waals surface area (Å²) in [6.45, 7) is 12.4. The van der Waals surface area contributed by atoms with Crippen LogP contribution in [0, 0.1) is 18.8 Å². The van der Waals surface area contributed by atoms with Crippen molar-refractivity contribution in [2.45, 2.75) is 122 Å². The van der Waals surface area contributed by atoms with Crippen molar-refractivity contribution in [3.8, 4) is 33.3 Å². The lowest BCUT2D eigenvalue weighted by Crippen LogP contribution is -2.61. The molecule has 6 atom stereocenters. The van der Waals surface area contributed by atoms with Gasteiger partial charge in [0.1, 0.15) is 37.0 Å². The van der Waals surface area contributed by atoms with E-state index in [1.54, 1.807) is 96.3 Å².